The number of thioether (sulfide) groups is 1. The molecule has 0 saturated carbocycles. The van der Waals surface area contributed by atoms with Crippen LogP contribution in [0.2, 0.25) is 0 Å². The molecule has 4 nitrogen and oxygen atoms in total. The SMILES string of the molecule is Cc1cc(C(F)(F)F)c(C#N)c(SCC(=O)Nc2c(C)cccc2C)n1. The van der Waals surface area contributed by atoms with Crippen molar-refractivity contribution in [1.29, 1.82) is 5.26 Å². The molecule has 1 aromatic carbocycles. The van der Waals surface area contributed by atoms with Gasteiger partial charge in [-0.15, -0.1) is 0 Å². The Hall–Kier alpha value is -2.53. The van der Waals surface area contributed by atoms with Crippen LogP contribution in [-0.2, 0) is 11.0 Å². The van der Waals surface area contributed by atoms with Crippen molar-refractivity contribution in [2.24, 2.45) is 0 Å². The molecule has 1 aromatic heterocycles. The lowest BCUT2D eigenvalue weighted by Gasteiger charge is -2.13. The molecule has 2 aromatic rings. The molecule has 8 heteroatoms. The Labute approximate surface area is 153 Å². The van der Waals surface area contributed by atoms with Gasteiger partial charge in [0.15, 0.2) is 0 Å². The van der Waals surface area contributed by atoms with E-state index >= 15 is 0 Å². The molecule has 1 N–H and O–H groups in total. The van der Waals surface area contributed by atoms with E-state index in [-0.39, 0.29) is 22.4 Å². The van der Waals surface area contributed by atoms with Crippen molar-refractivity contribution >= 4 is 23.4 Å². The highest BCUT2D eigenvalue weighted by Crippen LogP contribution is 2.35. The zero-order chi connectivity index (χ0) is 19.5. The number of nitrogens with one attached hydrogen (secondary N) is 1. The third kappa shape index (κ3) is 4.55. The number of hydrogen-bond acceptors (Lipinski definition) is 4. The third-order valence-corrected chi connectivity index (χ3v) is 4.59. The third-order valence-electron chi connectivity index (χ3n) is 3.62. The first-order chi connectivity index (χ1) is 12.1. The van der Waals surface area contributed by atoms with E-state index in [0.717, 1.165) is 29.0 Å². The van der Waals surface area contributed by atoms with Gasteiger partial charge in [-0.25, -0.2) is 4.98 Å². The fourth-order valence-corrected chi connectivity index (χ4v) is 3.25. The average Bonchev–Trinajstić information content (AvgIpc) is 2.55. The number of anilines is 1. The minimum atomic E-state index is -4.66. The second kappa shape index (κ2) is 7.79. The van der Waals surface area contributed by atoms with Crippen molar-refractivity contribution in [3.8, 4) is 6.07 Å². The molecule has 0 fully saturated rings. The van der Waals surface area contributed by atoms with Crippen LogP contribution < -0.4 is 5.32 Å². The van der Waals surface area contributed by atoms with Crippen LogP contribution >= 0.6 is 11.8 Å². The fraction of sp³-hybridized carbons (Fsp3) is 0.278. The molecule has 0 aliphatic rings. The van der Waals surface area contributed by atoms with Crippen LogP contribution in [0.5, 0.6) is 0 Å². The van der Waals surface area contributed by atoms with E-state index in [4.69, 9.17) is 5.26 Å². The molecule has 0 spiro atoms. The Bertz CT molecular complexity index is 868. The van der Waals surface area contributed by atoms with Gasteiger partial charge in [-0.1, -0.05) is 30.0 Å². The first-order valence-corrected chi connectivity index (χ1v) is 8.60. The lowest BCUT2D eigenvalue weighted by molar-refractivity contribution is -0.138. The van der Waals surface area contributed by atoms with E-state index in [1.54, 1.807) is 6.07 Å². The van der Waals surface area contributed by atoms with Crippen LogP contribution in [0.4, 0.5) is 18.9 Å². The summed E-state index contributed by atoms with van der Waals surface area (Å²) in [5.41, 5.74) is 0.974. The zero-order valence-electron chi connectivity index (χ0n) is 14.4. The van der Waals surface area contributed by atoms with E-state index in [2.05, 4.69) is 10.3 Å². The average molecular weight is 379 g/mol. The number of aromatic nitrogens is 1. The van der Waals surface area contributed by atoms with Gasteiger partial charge in [-0.3, -0.25) is 4.79 Å². The second-order valence-corrected chi connectivity index (χ2v) is 6.67. The summed E-state index contributed by atoms with van der Waals surface area (Å²) in [5.74, 6) is -0.538. The topological polar surface area (TPSA) is 65.8 Å². The predicted octanol–water partition coefficient (Wildman–Crippen LogP) is 4.63. The molecular formula is C18H16F3N3OS. The van der Waals surface area contributed by atoms with E-state index in [1.165, 1.54) is 6.92 Å². The number of carbonyl (C=O) groups is 1. The van der Waals surface area contributed by atoms with E-state index in [0.29, 0.717) is 5.69 Å². The van der Waals surface area contributed by atoms with E-state index in [9.17, 15) is 18.0 Å². The minimum absolute atomic E-state index is 0.100. The van der Waals surface area contributed by atoms with Gasteiger partial charge in [0.25, 0.3) is 0 Å². The summed E-state index contributed by atoms with van der Waals surface area (Å²) in [5, 5.41) is 11.8. The number of pyridine rings is 1. The first-order valence-electron chi connectivity index (χ1n) is 7.61. The van der Waals surface area contributed by atoms with Crippen LogP contribution in [-0.4, -0.2) is 16.6 Å². The Morgan fingerprint density at radius 3 is 2.42 bits per heavy atom. The Balaban J connectivity index is 2.21. The molecule has 2 rings (SSSR count). The van der Waals surface area contributed by atoms with Crippen LogP contribution in [0.25, 0.3) is 0 Å². The Morgan fingerprint density at radius 1 is 1.27 bits per heavy atom. The maximum absolute atomic E-state index is 13.1. The number of alkyl halides is 3. The van der Waals surface area contributed by atoms with Gasteiger partial charge in [0.2, 0.25) is 5.91 Å². The van der Waals surface area contributed by atoms with Crippen molar-refractivity contribution in [3.63, 3.8) is 0 Å². The number of carbonyl (C=O) groups excluding carboxylic acids is 1. The lowest BCUT2D eigenvalue weighted by atomic mass is 10.1. The molecule has 0 aliphatic carbocycles. The number of nitrogens with zero attached hydrogens (tertiary/aromatic N) is 2. The summed E-state index contributed by atoms with van der Waals surface area (Å²) in [6, 6.07) is 7.95. The van der Waals surface area contributed by atoms with Gasteiger partial charge in [-0.05, 0) is 38.0 Å². The summed E-state index contributed by atoms with van der Waals surface area (Å²) in [4.78, 5) is 16.2. The molecule has 0 radical (unpaired) electrons. The largest absolute Gasteiger partial charge is 0.417 e. The molecular weight excluding hydrogens is 363 g/mol. The number of amides is 1. The van der Waals surface area contributed by atoms with Crippen LogP contribution in [0, 0.1) is 32.1 Å². The molecule has 0 unspecified atom stereocenters. The number of rotatable bonds is 4. The summed E-state index contributed by atoms with van der Waals surface area (Å²) >= 11 is 0.809. The number of benzene rings is 1. The molecule has 1 amide bonds. The quantitative estimate of drug-likeness (QED) is 0.787. The van der Waals surface area contributed by atoms with Gasteiger partial charge in [0.05, 0.1) is 16.9 Å². The summed E-state index contributed by atoms with van der Waals surface area (Å²) in [7, 11) is 0. The summed E-state index contributed by atoms with van der Waals surface area (Å²) in [6.07, 6.45) is -4.66. The van der Waals surface area contributed by atoms with Crippen molar-refractivity contribution in [1.82, 2.24) is 4.98 Å². The highest BCUT2D eigenvalue weighted by atomic mass is 32.2. The Morgan fingerprint density at radius 2 is 1.88 bits per heavy atom. The van der Waals surface area contributed by atoms with Gasteiger partial charge >= 0.3 is 6.18 Å². The highest BCUT2D eigenvalue weighted by molar-refractivity contribution is 8.00. The number of para-hydroxylation sites is 1. The number of halogens is 3. The fourth-order valence-electron chi connectivity index (χ4n) is 2.40. The molecule has 0 aliphatic heterocycles. The number of nitriles is 1. The van der Waals surface area contributed by atoms with Gasteiger partial charge in [0, 0.05) is 11.4 Å². The molecule has 0 bridgehead atoms. The second-order valence-electron chi connectivity index (χ2n) is 5.70. The smallest absolute Gasteiger partial charge is 0.325 e. The lowest BCUT2D eigenvalue weighted by Crippen LogP contribution is -2.16. The summed E-state index contributed by atoms with van der Waals surface area (Å²) in [6.45, 7) is 5.11. The summed E-state index contributed by atoms with van der Waals surface area (Å²) < 4.78 is 39.3. The van der Waals surface area contributed by atoms with E-state index in [1.807, 2.05) is 32.0 Å². The maximum Gasteiger partial charge on any atom is 0.417 e. The minimum Gasteiger partial charge on any atom is -0.325 e. The van der Waals surface area contributed by atoms with Crippen molar-refractivity contribution < 1.29 is 18.0 Å². The monoisotopic (exact) mass is 379 g/mol. The highest BCUT2D eigenvalue weighted by Gasteiger charge is 2.35. The van der Waals surface area contributed by atoms with Crippen molar-refractivity contribution in [3.05, 3.63) is 52.2 Å². The molecule has 0 atom stereocenters. The van der Waals surface area contributed by atoms with Crippen LogP contribution in [0.15, 0.2) is 29.3 Å². The Kier molecular flexibility index (Phi) is 5.93. The van der Waals surface area contributed by atoms with Gasteiger partial charge < -0.3 is 5.32 Å². The molecule has 0 saturated heterocycles. The number of hydrogen-bond donors (Lipinski definition) is 1. The maximum atomic E-state index is 13.1. The standard InChI is InChI=1S/C18H16F3N3OS/c1-10-5-4-6-11(2)16(10)24-15(25)9-26-17-13(8-22)14(18(19,20)21)7-12(3)23-17/h4-7H,9H2,1-3H3,(H,24,25). The van der Waals surface area contributed by atoms with Crippen LogP contribution in [0.3, 0.4) is 0 Å². The zero-order valence-corrected chi connectivity index (χ0v) is 15.2. The van der Waals surface area contributed by atoms with Gasteiger partial charge in [-0.2, -0.15) is 18.4 Å². The van der Waals surface area contributed by atoms with Gasteiger partial charge in [0.1, 0.15) is 11.1 Å². The predicted molar refractivity (Wildman–Crippen MR) is 94.0 cm³/mol. The number of aryl methyl sites for hydroxylation is 3. The van der Waals surface area contributed by atoms with Crippen molar-refractivity contribution in [2.45, 2.75) is 32.0 Å². The van der Waals surface area contributed by atoms with Crippen molar-refractivity contribution in [2.75, 3.05) is 11.1 Å². The van der Waals surface area contributed by atoms with E-state index < -0.39 is 17.3 Å². The van der Waals surface area contributed by atoms with Crippen LogP contribution in [0.1, 0.15) is 27.9 Å². The normalized spacial score (nSPS) is 11.1. The molecule has 26 heavy (non-hydrogen) atoms. The molecule has 136 valence electrons. The first kappa shape index (κ1) is 19.8. The molecule has 1 heterocycles.